The minimum Gasteiger partial charge on any atom is -0.337 e. The fourth-order valence-corrected chi connectivity index (χ4v) is 7.18. The molecule has 0 radical (unpaired) electrons. The summed E-state index contributed by atoms with van der Waals surface area (Å²) in [5, 5.41) is 0. The van der Waals surface area contributed by atoms with Gasteiger partial charge in [0.2, 0.25) is 11.8 Å². The van der Waals surface area contributed by atoms with E-state index in [9.17, 15) is 9.59 Å². The second kappa shape index (κ2) is 16.7. The quantitative estimate of drug-likeness (QED) is 0.214. The first kappa shape index (κ1) is 33.6. The van der Waals surface area contributed by atoms with Crippen molar-refractivity contribution in [2.24, 2.45) is 5.92 Å². The largest absolute Gasteiger partial charge is 0.337 e. The molecule has 3 heterocycles. The van der Waals surface area contributed by atoms with Gasteiger partial charge in [-0.25, -0.2) is 0 Å². The van der Waals surface area contributed by atoms with E-state index < -0.39 is 0 Å². The fourth-order valence-electron chi connectivity index (χ4n) is 7.18. The van der Waals surface area contributed by atoms with Gasteiger partial charge >= 0.3 is 0 Å². The third kappa shape index (κ3) is 9.18. The molecule has 0 unspecified atom stereocenters. The summed E-state index contributed by atoms with van der Waals surface area (Å²) in [5.74, 6) is 0.624. The van der Waals surface area contributed by atoms with Crippen LogP contribution in [0, 0.1) is 5.92 Å². The van der Waals surface area contributed by atoms with Crippen LogP contribution in [0.4, 0.5) is 5.69 Å². The van der Waals surface area contributed by atoms with E-state index in [1.54, 1.807) is 13.1 Å². The molecule has 1 fully saturated rings. The molecule has 48 heavy (non-hydrogen) atoms. The van der Waals surface area contributed by atoms with Gasteiger partial charge in [-0.15, -0.1) is 0 Å². The van der Waals surface area contributed by atoms with E-state index in [0.717, 1.165) is 87.3 Å². The van der Waals surface area contributed by atoms with Crippen LogP contribution in [0.15, 0.2) is 103 Å². The second-order valence-electron chi connectivity index (χ2n) is 13.4. The number of rotatable bonds is 8. The smallest absolute Gasteiger partial charge is 0.223 e. The SMILES string of the molecule is CC(=O)N1CCCN(Cc2ccccc2)CCN(C(=O)CC2CCN(CCc3ccccc3)CC2)Cc2cc(-c3cccnc3)ccc21. The van der Waals surface area contributed by atoms with E-state index in [0.29, 0.717) is 32.0 Å². The number of carbonyl (C=O) groups is 2. The van der Waals surface area contributed by atoms with Crippen molar-refractivity contribution in [2.45, 2.75) is 52.1 Å². The number of aromatic nitrogens is 1. The molecule has 3 aromatic carbocycles. The van der Waals surface area contributed by atoms with Crippen LogP contribution in [-0.4, -0.2) is 77.3 Å². The lowest BCUT2D eigenvalue weighted by Gasteiger charge is -2.33. The van der Waals surface area contributed by atoms with E-state index in [-0.39, 0.29) is 11.8 Å². The molecule has 2 aliphatic rings. The zero-order valence-electron chi connectivity index (χ0n) is 28.3. The molecule has 2 aliphatic heterocycles. The fraction of sp³-hybridized carbons (Fsp3) is 0.390. The van der Waals surface area contributed by atoms with Crippen LogP contribution in [-0.2, 0) is 29.1 Å². The maximum atomic E-state index is 14.3. The topological polar surface area (TPSA) is 60.0 Å². The number of likely N-dealkylation sites (tertiary alicyclic amines) is 1. The average molecular weight is 644 g/mol. The molecule has 0 bridgehead atoms. The Morgan fingerprint density at radius 2 is 1.50 bits per heavy atom. The van der Waals surface area contributed by atoms with Gasteiger partial charge in [-0.3, -0.25) is 19.5 Å². The lowest BCUT2D eigenvalue weighted by molar-refractivity contribution is -0.133. The Bertz CT molecular complexity index is 1610. The minimum absolute atomic E-state index is 0.0242. The van der Waals surface area contributed by atoms with Gasteiger partial charge in [0.05, 0.1) is 0 Å². The summed E-state index contributed by atoms with van der Waals surface area (Å²) in [5.41, 5.74) is 6.61. The Morgan fingerprint density at radius 3 is 2.21 bits per heavy atom. The summed E-state index contributed by atoms with van der Waals surface area (Å²) in [7, 11) is 0. The normalized spacial score (nSPS) is 17.0. The highest BCUT2D eigenvalue weighted by Gasteiger charge is 2.27. The number of amides is 2. The maximum Gasteiger partial charge on any atom is 0.223 e. The van der Waals surface area contributed by atoms with Gasteiger partial charge in [-0.2, -0.15) is 0 Å². The number of benzene rings is 3. The van der Waals surface area contributed by atoms with Crippen molar-refractivity contribution in [3.05, 3.63) is 120 Å². The predicted molar refractivity (Wildman–Crippen MR) is 193 cm³/mol. The van der Waals surface area contributed by atoms with Crippen molar-refractivity contribution in [1.82, 2.24) is 19.7 Å². The zero-order chi connectivity index (χ0) is 33.1. The van der Waals surface area contributed by atoms with Crippen LogP contribution >= 0.6 is 0 Å². The van der Waals surface area contributed by atoms with Gasteiger partial charge < -0.3 is 14.7 Å². The summed E-state index contributed by atoms with van der Waals surface area (Å²) in [4.78, 5) is 40.6. The third-order valence-electron chi connectivity index (χ3n) is 9.98. The number of hydrogen-bond acceptors (Lipinski definition) is 5. The van der Waals surface area contributed by atoms with E-state index >= 15 is 0 Å². The van der Waals surface area contributed by atoms with Crippen LogP contribution in [0.1, 0.15) is 49.3 Å². The number of pyridine rings is 1. The highest BCUT2D eigenvalue weighted by atomic mass is 16.2. The van der Waals surface area contributed by atoms with Gasteiger partial charge in [-0.1, -0.05) is 72.8 Å². The third-order valence-corrected chi connectivity index (χ3v) is 9.98. The zero-order valence-corrected chi connectivity index (χ0v) is 28.3. The molecule has 250 valence electrons. The second-order valence-corrected chi connectivity index (χ2v) is 13.4. The molecule has 7 heteroatoms. The van der Waals surface area contributed by atoms with Gasteiger partial charge in [-0.05, 0) is 90.7 Å². The summed E-state index contributed by atoms with van der Waals surface area (Å²) < 4.78 is 0. The number of carbonyl (C=O) groups excluding carboxylic acids is 2. The number of nitrogens with zero attached hydrogens (tertiary/aromatic N) is 5. The average Bonchev–Trinajstić information content (AvgIpc) is 3.15. The van der Waals surface area contributed by atoms with E-state index in [2.05, 4.69) is 98.5 Å². The molecule has 4 aromatic rings. The van der Waals surface area contributed by atoms with Gasteiger partial charge in [0.1, 0.15) is 0 Å². The maximum absolute atomic E-state index is 14.3. The van der Waals surface area contributed by atoms with Crippen LogP contribution < -0.4 is 4.90 Å². The van der Waals surface area contributed by atoms with Gasteiger partial charge in [0.15, 0.2) is 0 Å². The van der Waals surface area contributed by atoms with Gasteiger partial charge in [0, 0.05) is 77.2 Å². The van der Waals surface area contributed by atoms with Crippen LogP contribution in [0.25, 0.3) is 11.1 Å². The first-order chi connectivity index (χ1) is 23.5. The molecule has 1 aromatic heterocycles. The summed E-state index contributed by atoms with van der Waals surface area (Å²) in [6.07, 6.45) is 8.23. The van der Waals surface area contributed by atoms with Crippen molar-refractivity contribution >= 4 is 17.5 Å². The van der Waals surface area contributed by atoms with Crippen LogP contribution in [0.3, 0.4) is 0 Å². The molecule has 0 aliphatic carbocycles. The van der Waals surface area contributed by atoms with E-state index in [4.69, 9.17) is 0 Å². The predicted octanol–water partition coefficient (Wildman–Crippen LogP) is 6.68. The summed E-state index contributed by atoms with van der Waals surface area (Å²) in [6, 6.07) is 31.5. The molecule has 7 nitrogen and oxygen atoms in total. The van der Waals surface area contributed by atoms with Crippen molar-refractivity contribution in [3.8, 4) is 11.1 Å². The highest BCUT2D eigenvalue weighted by Crippen LogP contribution is 2.30. The van der Waals surface area contributed by atoms with Crippen molar-refractivity contribution in [3.63, 3.8) is 0 Å². The van der Waals surface area contributed by atoms with E-state index in [1.807, 2.05) is 23.2 Å². The molecule has 0 spiro atoms. The number of hydrogen-bond donors (Lipinski definition) is 0. The lowest BCUT2D eigenvalue weighted by atomic mass is 9.92. The van der Waals surface area contributed by atoms with Crippen molar-refractivity contribution in [2.75, 3.05) is 50.7 Å². The van der Waals surface area contributed by atoms with Crippen molar-refractivity contribution < 1.29 is 9.59 Å². The first-order valence-electron chi connectivity index (χ1n) is 17.6. The molecule has 1 saturated heterocycles. The molecule has 2 amide bonds. The molecular weight excluding hydrogens is 594 g/mol. The standard InChI is InChI=1S/C41H49N5O2/c1-33(47)46-22-9-21-44(31-36-12-6-3-7-13-36)26-27-45(32-39-29-37(15-16-40(39)46)38-14-8-20-42-30-38)41(48)28-35-18-24-43(25-19-35)23-17-34-10-4-2-5-11-34/h2-8,10-16,20,29-30,35H,9,17-19,21-28,31-32H2,1H3. The Labute approximate surface area is 286 Å². The Kier molecular flexibility index (Phi) is 11.7. The summed E-state index contributed by atoms with van der Waals surface area (Å²) >= 11 is 0. The molecular formula is C41H49N5O2. The Hall–Kier alpha value is -4.33. The lowest BCUT2D eigenvalue weighted by Crippen LogP contribution is -2.41. The summed E-state index contributed by atoms with van der Waals surface area (Å²) in [6.45, 7) is 9.02. The van der Waals surface area contributed by atoms with Crippen molar-refractivity contribution in [1.29, 1.82) is 0 Å². The highest BCUT2D eigenvalue weighted by molar-refractivity contribution is 5.93. The number of piperidine rings is 1. The molecule has 0 atom stereocenters. The minimum atomic E-state index is 0.0242. The number of fused-ring (bicyclic) bond motifs is 1. The van der Waals surface area contributed by atoms with Gasteiger partial charge in [0.25, 0.3) is 0 Å². The van der Waals surface area contributed by atoms with Crippen LogP contribution in [0.2, 0.25) is 0 Å². The molecule has 6 rings (SSSR count). The Morgan fingerprint density at radius 1 is 0.750 bits per heavy atom. The monoisotopic (exact) mass is 643 g/mol. The first-order valence-corrected chi connectivity index (χ1v) is 17.6. The molecule has 0 saturated carbocycles. The van der Waals surface area contributed by atoms with Crippen LogP contribution in [0.5, 0.6) is 0 Å². The number of anilines is 1. The Balaban J connectivity index is 1.20. The van der Waals surface area contributed by atoms with E-state index in [1.165, 1.54) is 11.1 Å². The molecule has 0 N–H and O–H groups in total.